The van der Waals surface area contributed by atoms with Crippen LogP contribution in [0.25, 0.3) is 28.0 Å². The van der Waals surface area contributed by atoms with Crippen molar-refractivity contribution < 1.29 is 17.5 Å². The monoisotopic (exact) mass is 551 g/mol. The van der Waals surface area contributed by atoms with E-state index in [0.29, 0.717) is 24.3 Å². The van der Waals surface area contributed by atoms with Crippen LogP contribution in [0.15, 0.2) is 48.9 Å². The zero-order valence-electron chi connectivity index (χ0n) is 22.6. The third-order valence-corrected chi connectivity index (χ3v) is 9.57. The van der Waals surface area contributed by atoms with Crippen molar-refractivity contribution in [1.82, 2.24) is 24.2 Å². The van der Waals surface area contributed by atoms with E-state index in [1.54, 1.807) is 16.9 Å². The Hall–Kier alpha value is -3.24. The molecule has 6 rings (SSSR count). The molecular formula is C29H34FN5O3S. The SMILES string of the molecule is Cn1cc(-n2cc(CCC(C)(C)N3CCS(=O)(=O)CC3)c3ccc(-c4ccc(OC5CC5)c(F)c4)nc32)cn1. The standard InChI is InChI=1S/C29H34FN5O3S/c1-29(2,34-12-14-39(36,37)15-13-34)11-10-21-18-35(22-17-31-33(3)19-22)28-24(21)7-8-26(32-28)20-4-9-27(25(30)16-20)38-23-5-6-23/h4,7-9,16-19,23H,5-6,10-15H2,1-3H3. The van der Waals surface area contributed by atoms with Crippen molar-refractivity contribution in [3.8, 4) is 22.7 Å². The van der Waals surface area contributed by atoms with E-state index < -0.39 is 9.84 Å². The number of rotatable bonds is 8. The normalized spacial score (nSPS) is 18.1. The van der Waals surface area contributed by atoms with Gasteiger partial charge in [0.25, 0.3) is 0 Å². The second kappa shape index (κ2) is 9.75. The molecule has 0 atom stereocenters. The molecule has 1 saturated heterocycles. The Bertz CT molecular complexity index is 1620. The van der Waals surface area contributed by atoms with Crippen molar-refractivity contribution in [2.24, 2.45) is 7.05 Å². The summed E-state index contributed by atoms with van der Waals surface area (Å²) in [5, 5.41) is 5.38. The van der Waals surface area contributed by atoms with Crippen molar-refractivity contribution in [2.45, 2.75) is 51.2 Å². The Morgan fingerprint density at radius 1 is 1.10 bits per heavy atom. The molecule has 1 saturated carbocycles. The van der Waals surface area contributed by atoms with E-state index in [-0.39, 0.29) is 34.7 Å². The number of sulfone groups is 1. The van der Waals surface area contributed by atoms with Gasteiger partial charge in [-0.05, 0) is 75.4 Å². The molecule has 4 aromatic rings. The van der Waals surface area contributed by atoms with Crippen molar-refractivity contribution in [3.63, 3.8) is 0 Å². The molecule has 3 aromatic heterocycles. The first-order valence-corrected chi connectivity index (χ1v) is 15.3. The smallest absolute Gasteiger partial charge is 0.165 e. The summed E-state index contributed by atoms with van der Waals surface area (Å²) < 4.78 is 48.1. The molecule has 206 valence electrons. The molecule has 39 heavy (non-hydrogen) atoms. The Morgan fingerprint density at radius 2 is 1.87 bits per heavy atom. The van der Waals surface area contributed by atoms with E-state index >= 15 is 0 Å². The van der Waals surface area contributed by atoms with Crippen LogP contribution in [-0.2, 0) is 23.3 Å². The highest BCUT2D eigenvalue weighted by Crippen LogP contribution is 2.33. The average molecular weight is 552 g/mol. The number of aromatic nitrogens is 4. The summed E-state index contributed by atoms with van der Waals surface area (Å²) in [5.74, 6) is 0.352. The van der Waals surface area contributed by atoms with Gasteiger partial charge in [-0.25, -0.2) is 17.8 Å². The van der Waals surface area contributed by atoms with Gasteiger partial charge in [-0.2, -0.15) is 5.10 Å². The third kappa shape index (κ3) is 5.45. The van der Waals surface area contributed by atoms with E-state index in [2.05, 4.69) is 36.1 Å². The van der Waals surface area contributed by atoms with E-state index in [9.17, 15) is 12.8 Å². The van der Waals surface area contributed by atoms with Gasteiger partial charge in [-0.3, -0.25) is 14.1 Å². The lowest BCUT2D eigenvalue weighted by atomic mass is 9.93. The Balaban J connectivity index is 1.31. The van der Waals surface area contributed by atoms with Crippen LogP contribution in [0, 0.1) is 5.82 Å². The summed E-state index contributed by atoms with van der Waals surface area (Å²) in [6.07, 6.45) is 9.63. The second-order valence-electron chi connectivity index (χ2n) is 11.4. The number of aryl methyl sites for hydroxylation is 2. The predicted molar refractivity (Wildman–Crippen MR) is 150 cm³/mol. The van der Waals surface area contributed by atoms with Crippen LogP contribution in [0.1, 0.15) is 38.7 Å². The molecule has 4 heterocycles. The number of hydrogen-bond donors (Lipinski definition) is 0. The molecule has 0 bridgehead atoms. The quantitative estimate of drug-likeness (QED) is 0.320. The number of nitrogens with zero attached hydrogens (tertiary/aromatic N) is 5. The van der Waals surface area contributed by atoms with Crippen LogP contribution < -0.4 is 4.74 Å². The molecule has 8 nitrogen and oxygen atoms in total. The highest BCUT2D eigenvalue weighted by Gasteiger charge is 2.32. The fourth-order valence-corrected chi connectivity index (χ4v) is 6.50. The minimum absolute atomic E-state index is 0.133. The number of fused-ring (bicyclic) bond motifs is 1. The first-order valence-electron chi connectivity index (χ1n) is 13.5. The maximum Gasteiger partial charge on any atom is 0.165 e. The van der Waals surface area contributed by atoms with Crippen LogP contribution in [-0.4, -0.2) is 68.9 Å². The summed E-state index contributed by atoms with van der Waals surface area (Å²) >= 11 is 0. The molecule has 1 aliphatic carbocycles. The van der Waals surface area contributed by atoms with Crippen molar-refractivity contribution in [1.29, 1.82) is 0 Å². The predicted octanol–water partition coefficient (Wildman–Crippen LogP) is 4.55. The molecule has 0 spiro atoms. The summed E-state index contributed by atoms with van der Waals surface area (Å²) in [6, 6.07) is 9.04. The van der Waals surface area contributed by atoms with Crippen molar-refractivity contribution in [2.75, 3.05) is 24.6 Å². The van der Waals surface area contributed by atoms with E-state index in [1.807, 2.05) is 29.9 Å². The summed E-state index contributed by atoms with van der Waals surface area (Å²) in [6.45, 7) is 5.51. The highest BCUT2D eigenvalue weighted by atomic mass is 32.2. The first-order chi connectivity index (χ1) is 18.6. The highest BCUT2D eigenvalue weighted by molar-refractivity contribution is 7.91. The zero-order valence-corrected chi connectivity index (χ0v) is 23.4. The lowest BCUT2D eigenvalue weighted by molar-refractivity contribution is 0.123. The lowest BCUT2D eigenvalue weighted by Crippen LogP contribution is -2.51. The van der Waals surface area contributed by atoms with Gasteiger partial charge >= 0.3 is 0 Å². The largest absolute Gasteiger partial charge is 0.487 e. The number of hydrogen-bond acceptors (Lipinski definition) is 6. The van der Waals surface area contributed by atoms with Crippen LogP contribution in [0.5, 0.6) is 5.75 Å². The third-order valence-electron chi connectivity index (χ3n) is 7.96. The summed E-state index contributed by atoms with van der Waals surface area (Å²) in [7, 11) is -1.04. The summed E-state index contributed by atoms with van der Waals surface area (Å²) in [4.78, 5) is 7.27. The van der Waals surface area contributed by atoms with Gasteiger partial charge in [0, 0.05) is 49.0 Å². The van der Waals surface area contributed by atoms with Gasteiger partial charge in [0.2, 0.25) is 0 Å². The molecule has 2 fully saturated rings. The average Bonchev–Trinajstić information content (AvgIpc) is 3.49. The maximum absolute atomic E-state index is 14.8. The van der Waals surface area contributed by atoms with Gasteiger partial charge in [-0.15, -0.1) is 0 Å². The van der Waals surface area contributed by atoms with E-state index in [4.69, 9.17) is 9.72 Å². The zero-order chi connectivity index (χ0) is 27.4. The number of benzene rings is 1. The molecule has 1 aromatic carbocycles. The second-order valence-corrected chi connectivity index (χ2v) is 13.7. The molecule has 0 unspecified atom stereocenters. The molecule has 2 aliphatic rings. The Kier molecular flexibility index (Phi) is 6.50. The van der Waals surface area contributed by atoms with Gasteiger partial charge in [-0.1, -0.05) is 0 Å². The molecule has 1 aliphatic heterocycles. The Labute approximate surface area is 228 Å². The molecule has 0 amide bonds. The number of ether oxygens (including phenoxy) is 1. The van der Waals surface area contributed by atoms with Crippen LogP contribution >= 0.6 is 0 Å². The molecular weight excluding hydrogens is 517 g/mol. The van der Waals surface area contributed by atoms with Crippen LogP contribution in [0.2, 0.25) is 0 Å². The van der Waals surface area contributed by atoms with Gasteiger partial charge in [0.1, 0.15) is 5.65 Å². The number of pyridine rings is 1. The minimum Gasteiger partial charge on any atom is -0.487 e. The van der Waals surface area contributed by atoms with E-state index in [1.165, 1.54) is 6.07 Å². The number of halogens is 1. The van der Waals surface area contributed by atoms with E-state index in [0.717, 1.165) is 48.0 Å². The lowest BCUT2D eigenvalue weighted by Gasteiger charge is -2.41. The molecule has 10 heteroatoms. The fraction of sp³-hybridized carbons (Fsp3) is 0.448. The minimum atomic E-state index is -2.92. The fourth-order valence-electron chi connectivity index (χ4n) is 5.30. The van der Waals surface area contributed by atoms with Crippen molar-refractivity contribution >= 4 is 20.9 Å². The topological polar surface area (TPSA) is 82.2 Å². The molecule has 0 radical (unpaired) electrons. The summed E-state index contributed by atoms with van der Waals surface area (Å²) in [5.41, 5.74) is 4.08. The molecule has 0 N–H and O–H groups in total. The van der Waals surface area contributed by atoms with Crippen LogP contribution in [0.4, 0.5) is 4.39 Å². The first kappa shape index (κ1) is 26.0. The Morgan fingerprint density at radius 3 is 2.54 bits per heavy atom. The van der Waals surface area contributed by atoms with Crippen LogP contribution in [0.3, 0.4) is 0 Å². The van der Waals surface area contributed by atoms with Gasteiger partial charge in [0.05, 0.1) is 35.2 Å². The van der Waals surface area contributed by atoms with Crippen molar-refractivity contribution in [3.05, 3.63) is 60.3 Å². The van der Waals surface area contributed by atoms with Gasteiger partial charge in [0.15, 0.2) is 21.4 Å². The maximum atomic E-state index is 14.8. The van der Waals surface area contributed by atoms with Gasteiger partial charge < -0.3 is 4.74 Å².